The second-order valence-corrected chi connectivity index (χ2v) is 5.42. The minimum absolute atomic E-state index is 0.626. The molecule has 0 heterocycles. The molecule has 2 rings (SSSR count). The topological polar surface area (TPSA) is 15.3 Å². The number of benzene rings is 2. The van der Waals surface area contributed by atoms with Crippen molar-refractivity contribution in [2.45, 2.75) is 26.3 Å². The number of hydrogen-bond acceptors (Lipinski definition) is 2. The van der Waals surface area contributed by atoms with E-state index in [2.05, 4.69) is 73.6 Å². The maximum atomic E-state index is 3.50. The van der Waals surface area contributed by atoms with Gasteiger partial charge in [0.1, 0.15) is 0 Å². The first-order chi connectivity index (χ1) is 9.16. The number of hydrogen-bond donors (Lipinski definition) is 1. The molecule has 0 saturated heterocycles. The van der Waals surface area contributed by atoms with Gasteiger partial charge in [0, 0.05) is 18.3 Å². The average Bonchev–Trinajstić information content (AvgIpc) is 2.43. The highest BCUT2D eigenvalue weighted by Gasteiger charge is 2.02. The fourth-order valence-corrected chi connectivity index (χ4v) is 2.12. The molecule has 0 fully saturated rings. The highest BCUT2D eigenvalue weighted by molar-refractivity contribution is 5.85. The van der Waals surface area contributed by atoms with Gasteiger partial charge in [-0.2, -0.15) is 0 Å². The van der Waals surface area contributed by atoms with Crippen LogP contribution in [0.3, 0.4) is 0 Å². The van der Waals surface area contributed by atoms with Gasteiger partial charge in [-0.1, -0.05) is 30.3 Å². The summed E-state index contributed by atoms with van der Waals surface area (Å²) in [6, 6.07) is 15.7. The third-order valence-electron chi connectivity index (χ3n) is 3.65. The van der Waals surface area contributed by atoms with Crippen molar-refractivity contribution in [2.75, 3.05) is 25.5 Å². The first-order valence-corrected chi connectivity index (χ1v) is 7.10. The number of nitrogens with one attached hydrogen (secondary N) is 1. The van der Waals surface area contributed by atoms with Gasteiger partial charge in [-0.3, -0.25) is 0 Å². The van der Waals surface area contributed by atoms with Crippen LogP contribution in [0, 0.1) is 0 Å². The highest BCUT2D eigenvalue weighted by Crippen LogP contribution is 2.18. The van der Waals surface area contributed by atoms with Crippen LogP contribution in [0.15, 0.2) is 42.5 Å². The number of rotatable bonds is 6. The van der Waals surface area contributed by atoms with Crippen LogP contribution in [-0.4, -0.2) is 31.1 Å². The normalized spacial score (nSPS) is 11.4. The lowest BCUT2D eigenvalue weighted by molar-refractivity contribution is 0.273. The lowest BCUT2D eigenvalue weighted by atomic mass is 10.1. The molecule has 2 aromatic carbocycles. The predicted octanol–water partition coefficient (Wildman–Crippen LogP) is 3.98. The Morgan fingerprint density at radius 2 is 1.79 bits per heavy atom. The van der Waals surface area contributed by atoms with Crippen molar-refractivity contribution >= 4 is 16.5 Å². The molecular weight excluding hydrogens is 232 g/mol. The molecule has 0 radical (unpaired) electrons. The lowest BCUT2D eigenvalue weighted by Crippen LogP contribution is -2.28. The Kier molecular flexibility index (Phi) is 4.80. The molecule has 0 aliphatic rings. The maximum Gasteiger partial charge on any atom is 0.0346 e. The summed E-state index contributed by atoms with van der Waals surface area (Å²) in [5.41, 5.74) is 1.21. The van der Waals surface area contributed by atoms with Gasteiger partial charge in [-0.25, -0.2) is 0 Å². The standard InChI is InChI=1S/C17H24N2/c1-14(2)19(3)12-6-11-18-17-10-9-15-7-4-5-8-16(15)13-17/h4-5,7-10,13-14,18H,6,11-12H2,1-3H3. The van der Waals surface area contributed by atoms with E-state index in [1.807, 2.05) is 0 Å². The molecule has 0 unspecified atom stereocenters. The average molecular weight is 256 g/mol. The van der Waals surface area contributed by atoms with Gasteiger partial charge in [0.05, 0.1) is 0 Å². The fourth-order valence-electron chi connectivity index (χ4n) is 2.12. The molecule has 2 aromatic rings. The predicted molar refractivity (Wildman–Crippen MR) is 84.8 cm³/mol. The van der Waals surface area contributed by atoms with Gasteiger partial charge >= 0.3 is 0 Å². The zero-order chi connectivity index (χ0) is 13.7. The van der Waals surface area contributed by atoms with Crippen LogP contribution in [0.5, 0.6) is 0 Å². The first-order valence-electron chi connectivity index (χ1n) is 7.10. The summed E-state index contributed by atoms with van der Waals surface area (Å²) >= 11 is 0. The number of anilines is 1. The quantitative estimate of drug-likeness (QED) is 0.786. The molecule has 2 nitrogen and oxygen atoms in total. The molecule has 0 aliphatic carbocycles. The van der Waals surface area contributed by atoms with Crippen molar-refractivity contribution in [3.8, 4) is 0 Å². The van der Waals surface area contributed by atoms with Gasteiger partial charge in [0.2, 0.25) is 0 Å². The van der Waals surface area contributed by atoms with Crippen molar-refractivity contribution in [1.82, 2.24) is 4.90 Å². The van der Waals surface area contributed by atoms with Gasteiger partial charge in [0.15, 0.2) is 0 Å². The summed E-state index contributed by atoms with van der Waals surface area (Å²) in [5.74, 6) is 0. The summed E-state index contributed by atoms with van der Waals surface area (Å²) < 4.78 is 0. The second kappa shape index (κ2) is 6.58. The number of nitrogens with zero attached hydrogens (tertiary/aromatic N) is 1. The van der Waals surface area contributed by atoms with Gasteiger partial charge < -0.3 is 10.2 Å². The summed E-state index contributed by atoms with van der Waals surface area (Å²) in [5, 5.41) is 6.10. The zero-order valence-corrected chi connectivity index (χ0v) is 12.2. The molecule has 0 bridgehead atoms. The molecular formula is C17H24N2. The van der Waals surface area contributed by atoms with Crippen molar-refractivity contribution < 1.29 is 0 Å². The number of fused-ring (bicyclic) bond motifs is 1. The van der Waals surface area contributed by atoms with E-state index in [9.17, 15) is 0 Å². The third kappa shape index (κ3) is 3.97. The Morgan fingerprint density at radius 1 is 1.05 bits per heavy atom. The Hall–Kier alpha value is -1.54. The van der Waals surface area contributed by atoms with Gasteiger partial charge in [-0.05, 0) is 56.8 Å². The monoisotopic (exact) mass is 256 g/mol. The molecule has 19 heavy (non-hydrogen) atoms. The SMILES string of the molecule is CC(C)N(C)CCCNc1ccc2ccccc2c1. The Balaban J connectivity index is 1.85. The summed E-state index contributed by atoms with van der Waals surface area (Å²) in [6.45, 7) is 6.63. The van der Waals surface area contributed by atoms with Gasteiger partial charge in [0.25, 0.3) is 0 Å². The smallest absolute Gasteiger partial charge is 0.0346 e. The molecule has 1 N–H and O–H groups in total. The van der Waals surface area contributed by atoms with E-state index >= 15 is 0 Å². The van der Waals surface area contributed by atoms with E-state index in [0.29, 0.717) is 6.04 Å². The van der Waals surface area contributed by atoms with Crippen molar-refractivity contribution in [3.05, 3.63) is 42.5 Å². The molecule has 0 aromatic heterocycles. The van der Waals surface area contributed by atoms with Crippen molar-refractivity contribution in [3.63, 3.8) is 0 Å². The van der Waals surface area contributed by atoms with Crippen LogP contribution >= 0.6 is 0 Å². The summed E-state index contributed by atoms with van der Waals surface area (Å²) in [6.07, 6.45) is 1.17. The minimum Gasteiger partial charge on any atom is -0.385 e. The molecule has 0 amide bonds. The van der Waals surface area contributed by atoms with E-state index in [-0.39, 0.29) is 0 Å². The van der Waals surface area contributed by atoms with Crippen LogP contribution < -0.4 is 5.32 Å². The first kappa shape index (κ1) is 13.9. The Morgan fingerprint density at radius 3 is 2.53 bits per heavy atom. The summed E-state index contributed by atoms with van der Waals surface area (Å²) in [4.78, 5) is 2.38. The van der Waals surface area contributed by atoms with Gasteiger partial charge in [-0.15, -0.1) is 0 Å². The zero-order valence-electron chi connectivity index (χ0n) is 12.2. The third-order valence-corrected chi connectivity index (χ3v) is 3.65. The van der Waals surface area contributed by atoms with Crippen LogP contribution in [0.25, 0.3) is 10.8 Å². The lowest BCUT2D eigenvalue weighted by Gasteiger charge is -2.20. The van der Waals surface area contributed by atoms with Crippen LogP contribution in [-0.2, 0) is 0 Å². The van der Waals surface area contributed by atoms with Crippen molar-refractivity contribution in [1.29, 1.82) is 0 Å². The minimum atomic E-state index is 0.626. The summed E-state index contributed by atoms with van der Waals surface area (Å²) in [7, 11) is 2.18. The molecule has 0 spiro atoms. The molecule has 0 atom stereocenters. The van der Waals surface area contributed by atoms with E-state index in [0.717, 1.165) is 13.1 Å². The van der Waals surface area contributed by atoms with E-state index < -0.39 is 0 Å². The van der Waals surface area contributed by atoms with Crippen LogP contribution in [0.1, 0.15) is 20.3 Å². The van der Waals surface area contributed by atoms with E-state index in [4.69, 9.17) is 0 Å². The Labute approximate surface area is 116 Å². The maximum absolute atomic E-state index is 3.50. The Bertz CT molecular complexity index is 519. The van der Waals surface area contributed by atoms with E-state index in [1.165, 1.54) is 22.9 Å². The molecule has 0 saturated carbocycles. The second-order valence-electron chi connectivity index (χ2n) is 5.42. The van der Waals surface area contributed by atoms with Crippen molar-refractivity contribution in [2.24, 2.45) is 0 Å². The van der Waals surface area contributed by atoms with Crippen LogP contribution in [0.2, 0.25) is 0 Å². The fraction of sp³-hybridized carbons (Fsp3) is 0.412. The largest absolute Gasteiger partial charge is 0.385 e. The van der Waals surface area contributed by atoms with Crippen LogP contribution in [0.4, 0.5) is 5.69 Å². The molecule has 102 valence electrons. The highest BCUT2D eigenvalue weighted by atomic mass is 15.1. The molecule has 0 aliphatic heterocycles. The molecule has 2 heteroatoms. The van der Waals surface area contributed by atoms with E-state index in [1.54, 1.807) is 0 Å².